The van der Waals surface area contributed by atoms with Crippen LogP contribution in [0.15, 0.2) is 50.9 Å². The first-order valence-electron chi connectivity index (χ1n) is 8.91. The van der Waals surface area contributed by atoms with E-state index in [1.54, 1.807) is 12.1 Å². The van der Waals surface area contributed by atoms with Gasteiger partial charge in [-0.1, -0.05) is 11.6 Å². The van der Waals surface area contributed by atoms with Crippen LogP contribution >= 0.6 is 27.5 Å². The van der Waals surface area contributed by atoms with Crippen molar-refractivity contribution in [2.24, 2.45) is 5.10 Å². The average molecular weight is 517 g/mol. The largest absolute Gasteiger partial charge is 0.503 e. The number of phenolic OH excluding ortho intramolecular Hbond substituents is 1. The summed E-state index contributed by atoms with van der Waals surface area (Å²) < 4.78 is 32.5. The summed E-state index contributed by atoms with van der Waals surface area (Å²) in [6, 6.07) is 8.10. The molecule has 0 saturated carbocycles. The fraction of sp³-hybridized carbons (Fsp3) is 0.263. The van der Waals surface area contributed by atoms with E-state index in [9.17, 15) is 18.3 Å². The maximum atomic E-state index is 12.9. The number of benzene rings is 2. The molecule has 3 rings (SSSR count). The summed E-state index contributed by atoms with van der Waals surface area (Å²) >= 11 is 9.04. The molecule has 30 heavy (non-hydrogen) atoms. The van der Waals surface area contributed by atoms with Crippen LogP contribution < -0.4 is 10.2 Å². The molecule has 0 bridgehead atoms. The van der Waals surface area contributed by atoms with Crippen LogP contribution in [-0.2, 0) is 14.8 Å². The highest BCUT2D eigenvalue weighted by molar-refractivity contribution is 9.10. The van der Waals surface area contributed by atoms with Crippen molar-refractivity contribution in [1.29, 1.82) is 0 Å². The van der Waals surface area contributed by atoms with Gasteiger partial charge in [0.2, 0.25) is 10.0 Å². The highest BCUT2D eigenvalue weighted by Gasteiger charge is 2.39. The van der Waals surface area contributed by atoms with Gasteiger partial charge in [0.25, 0.3) is 5.91 Å². The number of rotatable bonds is 6. The number of nitrogens with one attached hydrogen (secondary N) is 1. The molecule has 0 spiro atoms. The number of amides is 1. The molecular formula is C19H19BrClN3O5S. The fourth-order valence-corrected chi connectivity index (χ4v) is 5.34. The van der Waals surface area contributed by atoms with E-state index in [1.165, 1.54) is 41.9 Å². The van der Waals surface area contributed by atoms with Crippen molar-refractivity contribution in [2.75, 3.05) is 13.7 Å². The van der Waals surface area contributed by atoms with Gasteiger partial charge in [0.05, 0.1) is 22.7 Å². The topological polar surface area (TPSA) is 108 Å². The Labute approximate surface area is 187 Å². The van der Waals surface area contributed by atoms with E-state index in [1.807, 2.05) is 0 Å². The van der Waals surface area contributed by atoms with Gasteiger partial charge in [0, 0.05) is 11.6 Å². The lowest BCUT2D eigenvalue weighted by Crippen LogP contribution is -2.44. The Morgan fingerprint density at radius 1 is 1.37 bits per heavy atom. The number of nitrogens with zero attached hydrogens (tertiary/aromatic N) is 2. The lowest BCUT2D eigenvalue weighted by atomic mass is 10.2. The molecule has 8 nitrogen and oxygen atoms in total. The molecule has 2 aromatic carbocycles. The van der Waals surface area contributed by atoms with Gasteiger partial charge in [-0.25, -0.2) is 13.8 Å². The van der Waals surface area contributed by atoms with Gasteiger partial charge >= 0.3 is 0 Å². The molecule has 2 aromatic rings. The average Bonchev–Trinajstić information content (AvgIpc) is 3.21. The molecule has 1 atom stereocenters. The summed E-state index contributed by atoms with van der Waals surface area (Å²) in [5.74, 6) is -0.327. The minimum Gasteiger partial charge on any atom is -0.503 e. The Morgan fingerprint density at radius 3 is 2.73 bits per heavy atom. The van der Waals surface area contributed by atoms with E-state index in [0.29, 0.717) is 27.9 Å². The van der Waals surface area contributed by atoms with Crippen LogP contribution in [-0.4, -0.2) is 49.6 Å². The molecular weight excluding hydrogens is 498 g/mol. The molecule has 0 radical (unpaired) electrons. The number of hydrogen-bond acceptors (Lipinski definition) is 6. The lowest BCUT2D eigenvalue weighted by Gasteiger charge is -2.22. The van der Waals surface area contributed by atoms with Crippen LogP contribution in [0.1, 0.15) is 18.4 Å². The lowest BCUT2D eigenvalue weighted by molar-refractivity contribution is -0.124. The molecule has 1 aliphatic heterocycles. The standard InChI is InChI=1S/C19H19BrClN3O5S/c1-29-17-10-12(9-15(20)18(17)25)11-22-23-19(26)16-3-2-8-24(16)30(27,28)14-6-4-13(21)5-7-14/h4-7,9-11,16,25H,2-3,8H2,1H3,(H,23,26)/b22-11+/t16-/m1/s1. The second kappa shape index (κ2) is 9.34. The quantitative estimate of drug-likeness (QED) is 0.453. The second-order valence-electron chi connectivity index (χ2n) is 6.52. The van der Waals surface area contributed by atoms with E-state index >= 15 is 0 Å². The SMILES string of the molecule is COc1cc(/C=N/NC(=O)[C@H]2CCCN2S(=O)(=O)c2ccc(Cl)cc2)cc(Br)c1O. The van der Waals surface area contributed by atoms with Crippen molar-refractivity contribution >= 4 is 49.7 Å². The molecule has 1 heterocycles. The summed E-state index contributed by atoms with van der Waals surface area (Å²) in [7, 11) is -2.42. The van der Waals surface area contributed by atoms with Gasteiger partial charge < -0.3 is 9.84 Å². The number of aromatic hydroxyl groups is 1. The predicted octanol–water partition coefficient (Wildman–Crippen LogP) is 3.12. The molecule has 1 saturated heterocycles. The number of ether oxygens (including phenoxy) is 1. The predicted molar refractivity (Wildman–Crippen MR) is 116 cm³/mol. The normalized spacial score (nSPS) is 17.4. The van der Waals surface area contributed by atoms with E-state index in [2.05, 4.69) is 26.5 Å². The first-order valence-corrected chi connectivity index (χ1v) is 11.5. The minimum atomic E-state index is -3.83. The van der Waals surface area contributed by atoms with Crippen molar-refractivity contribution in [2.45, 2.75) is 23.8 Å². The maximum Gasteiger partial charge on any atom is 0.258 e. The third-order valence-corrected chi connectivity index (χ3v) is 7.36. The zero-order valence-electron chi connectivity index (χ0n) is 15.9. The number of hydrogen-bond donors (Lipinski definition) is 2. The Morgan fingerprint density at radius 2 is 2.07 bits per heavy atom. The number of methoxy groups -OCH3 is 1. The van der Waals surface area contributed by atoms with Gasteiger partial charge in [-0.3, -0.25) is 4.79 Å². The third-order valence-electron chi connectivity index (χ3n) is 4.59. The van der Waals surface area contributed by atoms with Crippen LogP contribution in [0, 0.1) is 0 Å². The van der Waals surface area contributed by atoms with Crippen LogP contribution in [0.4, 0.5) is 0 Å². The minimum absolute atomic E-state index is 0.0484. The molecule has 1 fully saturated rings. The number of hydrazone groups is 1. The molecule has 0 aliphatic carbocycles. The van der Waals surface area contributed by atoms with E-state index in [4.69, 9.17) is 16.3 Å². The van der Waals surface area contributed by atoms with E-state index in [0.717, 1.165) is 0 Å². The molecule has 2 N–H and O–H groups in total. The third kappa shape index (κ3) is 4.77. The van der Waals surface area contributed by atoms with Crippen LogP contribution in [0.25, 0.3) is 0 Å². The monoisotopic (exact) mass is 515 g/mol. The highest BCUT2D eigenvalue weighted by atomic mass is 79.9. The number of halogens is 2. The summed E-state index contributed by atoms with van der Waals surface area (Å²) in [6.45, 7) is 0.245. The molecule has 1 amide bonds. The van der Waals surface area contributed by atoms with Gasteiger partial charge in [0.1, 0.15) is 6.04 Å². The van der Waals surface area contributed by atoms with Crippen LogP contribution in [0.3, 0.4) is 0 Å². The Hall–Kier alpha value is -2.14. The summed E-state index contributed by atoms with van der Waals surface area (Å²) in [4.78, 5) is 12.7. The Kier molecular flexibility index (Phi) is 7.02. The van der Waals surface area contributed by atoms with Gasteiger partial charge in [-0.2, -0.15) is 9.41 Å². The molecule has 1 aliphatic rings. The van der Waals surface area contributed by atoms with Gasteiger partial charge in [-0.05, 0) is 70.7 Å². The summed E-state index contributed by atoms with van der Waals surface area (Å²) in [5, 5.41) is 14.2. The van der Waals surface area contributed by atoms with Crippen LogP contribution in [0.2, 0.25) is 5.02 Å². The molecule has 0 aromatic heterocycles. The molecule has 160 valence electrons. The molecule has 11 heteroatoms. The number of phenols is 1. The first-order chi connectivity index (χ1) is 14.2. The van der Waals surface area contributed by atoms with E-state index < -0.39 is 22.0 Å². The maximum absolute atomic E-state index is 12.9. The summed E-state index contributed by atoms with van der Waals surface area (Å²) in [5.41, 5.74) is 2.96. The second-order valence-corrected chi connectivity index (χ2v) is 9.70. The number of carbonyl (C=O) groups is 1. The van der Waals surface area contributed by atoms with Crippen molar-refractivity contribution in [1.82, 2.24) is 9.73 Å². The van der Waals surface area contributed by atoms with Gasteiger partial charge in [0.15, 0.2) is 11.5 Å². The number of carbonyl (C=O) groups excluding carboxylic acids is 1. The summed E-state index contributed by atoms with van der Waals surface area (Å²) in [6.07, 6.45) is 2.33. The zero-order chi connectivity index (χ0) is 21.9. The number of sulfonamides is 1. The first kappa shape index (κ1) is 22.5. The van der Waals surface area contributed by atoms with Crippen molar-refractivity contribution in [3.05, 3.63) is 51.5 Å². The van der Waals surface area contributed by atoms with E-state index in [-0.39, 0.29) is 22.9 Å². The fourth-order valence-electron chi connectivity index (χ4n) is 3.10. The molecule has 0 unspecified atom stereocenters. The van der Waals surface area contributed by atoms with Crippen molar-refractivity contribution in [3.8, 4) is 11.5 Å². The Bertz CT molecular complexity index is 1080. The van der Waals surface area contributed by atoms with Crippen molar-refractivity contribution < 1.29 is 23.1 Å². The Balaban J connectivity index is 1.73. The highest BCUT2D eigenvalue weighted by Crippen LogP contribution is 2.34. The van der Waals surface area contributed by atoms with Crippen molar-refractivity contribution in [3.63, 3.8) is 0 Å². The van der Waals surface area contributed by atoms with Gasteiger partial charge in [-0.15, -0.1) is 0 Å². The van der Waals surface area contributed by atoms with Crippen LogP contribution in [0.5, 0.6) is 11.5 Å². The smallest absolute Gasteiger partial charge is 0.258 e. The zero-order valence-corrected chi connectivity index (χ0v) is 19.0.